The van der Waals surface area contributed by atoms with Gasteiger partial charge in [-0.1, -0.05) is 13.8 Å². The van der Waals surface area contributed by atoms with Gasteiger partial charge < -0.3 is 15.3 Å². The van der Waals surface area contributed by atoms with E-state index in [0.29, 0.717) is 24.2 Å². The van der Waals surface area contributed by atoms with Crippen molar-refractivity contribution in [1.82, 2.24) is 0 Å². The molecule has 0 saturated heterocycles. The Bertz CT molecular complexity index is 576. The molecule has 0 aromatic heterocycles. The molecule has 4 saturated carbocycles. The zero-order valence-corrected chi connectivity index (χ0v) is 15.9. The minimum absolute atomic E-state index is 0.0832. The van der Waals surface area contributed by atoms with E-state index in [4.69, 9.17) is 0 Å². The Hall–Kier alpha value is -0.450. The number of aliphatic hydroxyl groups is 3. The topological polar surface area (TPSA) is 77.8 Å². The summed E-state index contributed by atoms with van der Waals surface area (Å²) in [4.78, 5) is 12.3. The highest BCUT2D eigenvalue weighted by molar-refractivity contribution is 5.86. The average Bonchev–Trinajstić information content (AvgIpc) is 2.83. The van der Waals surface area contributed by atoms with Crippen molar-refractivity contribution >= 4 is 5.78 Å². The Morgan fingerprint density at radius 1 is 0.920 bits per heavy atom. The van der Waals surface area contributed by atoms with E-state index in [1.807, 2.05) is 0 Å². The van der Waals surface area contributed by atoms with Gasteiger partial charge >= 0.3 is 0 Å². The zero-order chi connectivity index (χ0) is 18.2. The van der Waals surface area contributed by atoms with E-state index in [0.717, 1.165) is 44.9 Å². The normalized spacial score (nSPS) is 58.2. The van der Waals surface area contributed by atoms with Crippen molar-refractivity contribution in [2.45, 2.75) is 89.9 Å². The molecule has 0 bridgehead atoms. The first-order valence-corrected chi connectivity index (χ1v) is 10.2. The third-order valence-electron chi connectivity index (χ3n) is 9.39. The van der Waals surface area contributed by atoms with Gasteiger partial charge in [0.05, 0.1) is 12.2 Å². The Morgan fingerprint density at radius 2 is 1.60 bits per heavy atom. The fourth-order valence-electron chi connectivity index (χ4n) is 7.87. The number of ketones is 1. The van der Waals surface area contributed by atoms with Crippen LogP contribution in [0.2, 0.25) is 0 Å². The molecule has 25 heavy (non-hydrogen) atoms. The summed E-state index contributed by atoms with van der Waals surface area (Å²) in [5.41, 5.74) is -1.45. The minimum atomic E-state index is -1.19. The van der Waals surface area contributed by atoms with Crippen molar-refractivity contribution in [2.24, 2.45) is 34.5 Å². The summed E-state index contributed by atoms with van der Waals surface area (Å²) in [6, 6.07) is 0. The second-order valence-corrected chi connectivity index (χ2v) is 10.1. The molecule has 3 N–H and O–H groups in total. The molecule has 4 aliphatic rings. The SMILES string of the molecule is CC(=O)[C@@]1(O)CC[C@H]2[C@@H]3C[C@@H](O)[C@H]4C[C@H](O)CC[C@]4(C)[C@H]3CC[C@@]21C. The summed E-state index contributed by atoms with van der Waals surface area (Å²) in [6.45, 7) is 5.99. The van der Waals surface area contributed by atoms with Gasteiger partial charge in [-0.3, -0.25) is 4.79 Å². The van der Waals surface area contributed by atoms with Crippen LogP contribution >= 0.6 is 0 Å². The monoisotopic (exact) mass is 350 g/mol. The largest absolute Gasteiger partial charge is 0.393 e. The van der Waals surface area contributed by atoms with Gasteiger partial charge in [-0.25, -0.2) is 0 Å². The summed E-state index contributed by atoms with van der Waals surface area (Å²) in [6.07, 6.45) is 6.07. The van der Waals surface area contributed by atoms with Crippen LogP contribution in [-0.4, -0.2) is 38.9 Å². The minimum Gasteiger partial charge on any atom is -0.393 e. The predicted molar refractivity (Wildman–Crippen MR) is 94.8 cm³/mol. The van der Waals surface area contributed by atoms with Crippen LogP contribution in [0.4, 0.5) is 0 Å². The molecule has 4 heteroatoms. The lowest BCUT2D eigenvalue weighted by Gasteiger charge is -2.62. The van der Waals surface area contributed by atoms with Crippen LogP contribution in [0.25, 0.3) is 0 Å². The Morgan fingerprint density at radius 3 is 2.28 bits per heavy atom. The number of aliphatic hydroxyl groups excluding tert-OH is 2. The van der Waals surface area contributed by atoms with Crippen LogP contribution in [0.5, 0.6) is 0 Å². The molecular weight excluding hydrogens is 316 g/mol. The highest BCUT2D eigenvalue weighted by Crippen LogP contribution is 2.68. The summed E-state index contributed by atoms with van der Waals surface area (Å²) < 4.78 is 0. The molecule has 4 nitrogen and oxygen atoms in total. The standard InChI is InChI=1S/C21H34O4/c1-12(22)21(25)9-6-16-14-11-18(24)17-10-13(23)4-7-19(17,2)15(14)5-8-20(16,21)3/h13-18,23-25H,4-11H2,1-3H3/t13-,14-,15+,16+,17-,18-,19-,20+,21+/m1/s1. The van der Waals surface area contributed by atoms with Crippen LogP contribution in [0.15, 0.2) is 0 Å². The van der Waals surface area contributed by atoms with Crippen LogP contribution in [0.1, 0.15) is 72.1 Å². The number of hydrogen-bond acceptors (Lipinski definition) is 4. The number of rotatable bonds is 1. The lowest BCUT2D eigenvalue weighted by atomic mass is 9.43. The van der Waals surface area contributed by atoms with Crippen molar-refractivity contribution in [3.8, 4) is 0 Å². The van der Waals surface area contributed by atoms with Gasteiger partial charge in [-0.05, 0) is 87.4 Å². The summed E-state index contributed by atoms with van der Waals surface area (Å²) in [5, 5.41) is 32.2. The number of carbonyl (C=O) groups is 1. The maximum Gasteiger partial charge on any atom is 0.161 e. The quantitative estimate of drug-likeness (QED) is 0.679. The lowest BCUT2D eigenvalue weighted by Crippen LogP contribution is -2.61. The molecule has 142 valence electrons. The molecule has 0 aromatic rings. The van der Waals surface area contributed by atoms with Gasteiger partial charge in [-0.15, -0.1) is 0 Å². The first-order chi connectivity index (χ1) is 11.6. The number of fused-ring (bicyclic) bond motifs is 5. The van der Waals surface area contributed by atoms with Crippen LogP contribution in [-0.2, 0) is 4.79 Å². The maximum atomic E-state index is 12.3. The van der Waals surface area contributed by atoms with E-state index in [2.05, 4.69) is 13.8 Å². The third kappa shape index (κ3) is 2.20. The van der Waals surface area contributed by atoms with Crippen molar-refractivity contribution < 1.29 is 20.1 Å². The number of hydrogen-bond donors (Lipinski definition) is 3. The van der Waals surface area contributed by atoms with Crippen LogP contribution < -0.4 is 0 Å². The van der Waals surface area contributed by atoms with E-state index in [9.17, 15) is 20.1 Å². The molecule has 0 heterocycles. The van der Waals surface area contributed by atoms with Crippen LogP contribution in [0, 0.1) is 34.5 Å². The van der Waals surface area contributed by atoms with Crippen molar-refractivity contribution in [2.75, 3.05) is 0 Å². The molecule has 0 spiro atoms. The molecule has 4 rings (SSSR count). The summed E-state index contributed by atoms with van der Waals surface area (Å²) >= 11 is 0. The van der Waals surface area contributed by atoms with E-state index >= 15 is 0 Å². The highest BCUT2D eigenvalue weighted by Gasteiger charge is 2.67. The van der Waals surface area contributed by atoms with E-state index in [1.165, 1.54) is 6.92 Å². The smallest absolute Gasteiger partial charge is 0.161 e. The fourth-order valence-corrected chi connectivity index (χ4v) is 7.87. The van der Waals surface area contributed by atoms with Crippen molar-refractivity contribution in [1.29, 1.82) is 0 Å². The molecule has 0 aromatic carbocycles. The van der Waals surface area contributed by atoms with Gasteiger partial charge in [0.1, 0.15) is 5.60 Å². The second-order valence-electron chi connectivity index (χ2n) is 10.1. The van der Waals surface area contributed by atoms with Gasteiger partial charge in [0.2, 0.25) is 0 Å². The second kappa shape index (κ2) is 5.53. The van der Waals surface area contributed by atoms with Crippen LogP contribution in [0.3, 0.4) is 0 Å². The summed E-state index contributed by atoms with van der Waals surface area (Å²) in [7, 11) is 0. The summed E-state index contributed by atoms with van der Waals surface area (Å²) in [5.74, 6) is 1.35. The van der Waals surface area contributed by atoms with E-state index in [-0.39, 0.29) is 34.7 Å². The Labute approximate surface area is 151 Å². The van der Waals surface area contributed by atoms with E-state index < -0.39 is 5.60 Å². The van der Waals surface area contributed by atoms with Gasteiger partial charge in [-0.2, -0.15) is 0 Å². The Balaban J connectivity index is 1.68. The molecule has 4 fully saturated rings. The molecule has 0 unspecified atom stereocenters. The fraction of sp³-hybridized carbons (Fsp3) is 0.952. The molecule has 0 aliphatic heterocycles. The molecule has 4 aliphatic carbocycles. The van der Waals surface area contributed by atoms with Crippen molar-refractivity contribution in [3.63, 3.8) is 0 Å². The molecule has 0 amide bonds. The lowest BCUT2D eigenvalue weighted by molar-refractivity contribution is -0.189. The first-order valence-electron chi connectivity index (χ1n) is 10.2. The van der Waals surface area contributed by atoms with E-state index in [1.54, 1.807) is 0 Å². The molecule has 0 radical (unpaired) electrons. The van der Waals surface area contributed by atoms with Crippen molar-refractivity contribution in [3.05, 3.63) is 0 Å². The zero-order valence-electron chi connectivity index (χ0n) is 15.9. The van der Waals surface area contributed by atoms with Gasteiger partial charge in [0.25, 0.3) is 0 Å². The predicted octanol–water partition coefficient (Wildman–Crippen LogP) is 2.68. The maximum absolute atomic E-state index is 12.3. The third-order valence-corrected chi connectivity index (χ3v) is 9.39. The average molecular weight is 350 g/mol. The Kier molecular flexibility index (Phi) is 3.97. The molecular formula is C21H34O4. The number of carbonyl (C=O) groups excluding carboxylic acids is 1. The molecule has 9 atom stereocenters. The first kappa shape index (κ1) is 17.9. The van der Waals surface area contributed by atoms with Gasteiger partial charge in [0, 0.05) is 5.41 Å². The number of Topliss-reactive ketones (excluding diaryl/α,β-unsaturated/α-hetero) is 1. The van der Waals surface area contributed by atoms with Gasteiger partial charge in [0.15, 0.2) is 5.78 Å². The highest BCUT2D eigenvalue weighted by atomic mass is 16.3.